The topological polar surface area (TPSA) is 100 Å². The smallest absolute Gasteiger partial charge is 0.410 e. The van der Waals surface area contributed by atoms with Crippen molar-refractivity contribution in [2.75, 3.05) is 24.5 Å². The van der Waals surface area contributed by atoms with Gasteiger partial charge in [0.2, 0.25) is 0 Å². The second-order valence-electron chi connectivity index (χ2n) is 10.3. The van der Waals surface area contributed by atoms with Gasteiger partial charge in [-0.2, -0.15) is 5.26 Å². The van der Waals surface area contributed by atoms with E-state index in [0.717, 1.165) is 0 Å². The van der Waals surface area contributed by atoms with Crippen LogP contribution in [-0.4, -0.2) is 61.8 Å². The highest BCUT2D eigenvalue weighted by Gasteiger charge is 2.33. The van der Waals surface area contributed by atoms with Gasteiger partial charge in [-0.3, -0.25) is 4.57 Å². The summed E-state index contributed by atoms with van der Waals surface area (Å²) in [6.07, 6.45) is 4.46. The number of anilines is 1. The Morgan fingerprint density at radius 1 is 1.13 bits per heavy atom. The summed E-state index contributed by atoms with van der Waals surface area (Å²) in [4.78, 5) is 30.2. The number of halogens is 1. The standard InChI is InChI=1S/C28H28FN7O2/c1-18-15-34(11-12-35(18)27(37)38-28(2,3)4)25-24-21(20-7-5-6-8-22(20)29)16-36(26(24)33-17-32-25)23-13-19(14-30)9-10-31-23/h5-10,13,16-18H,11-12,15H2,1-4H3. The van der Waals surface area contributed by atoms with Crippen molar-refractivity contribution in [1.82, 2.24) is 24.4 Å². The molecular formula is C28H28FN7O2. The maximum absolute atomic E-state index is 15.1. The first-order chi connectivity index (χ1) is 18.2. The van der Waals surface area contributed by atoms with Crippen molar-refractivity contribution in [2.24, 2.45) is 0 Å². The number of piperazine rings is 1. The Labute approximate surface area is 220 Å². The van der Waals surface area contributed by atoms with E-state index in [-0.39, 0.29) is 18.0 Å². The van der Waals surface area contributed by atoms with E-state index in [2.05, 4.69) is 25.9 Å². The number of rotatable bonds is 3. The van der Waals surface area contributed by atoms with Crippen LogP contribution in [0.1, 0.15) is 33.3 Å². The fourth-order valence-electron chi connectivity index (χ4n) is 4.71. The second-order valence-corrected chi connectivity index (χ2v) is 10.3. The number of pyridine rings is 1. The quantitative estimate of drug-likeness (QED) is 0.383. The van der Waals surface area contributed by atoms with Crippen molar-refractivity contribution in [3.8, 4) is 23.0 Å². The third-order valence-electron chi connectivity index (χ3n) is 6.40. The summed E-state index contributed by atoms with van der Waals surface area (Å²) in [7, 11) is 0. The first-order valence-electron chi connectivity index (χ1n) is 12.4. The van der Waals surface area contributed by atoms with Crippen molar-refractivity contribution >= 4 is 22.9 Å². The molecule has 0 saturated carbocycles. The minimum atomic E-state index is -0.582. The molecule has 1 atom stereocenters. The molecule has 1 fully saturated rings. The molecule has 10 heteroatoms. The largest absolute Gasteiger partial charge is 0.444 e. The minimum absolute atomic E-state index is 0.142. The van der Waals surface area contributed by atoms with Gasteiger partial charge in [0.15, 0.2) is 5.65 Å². The molecule has 194 valence electrons. The molecule has 3 aromatic heterocycles. The van der Waals surface area contributed by atoms with Crippen LogP contribution in [-0.2, 0) is 4.74 Å². The molecule has 1 aliphatic rings. The number of carbonyl (C=O) groups excluding carboxylic acids is 1. The highest BCUT2D eigenvalue weighted by atomic mass is 19.1. The fraction of sp³-hybridized carbons (Fsp3) is 0.321. The zero-order valence-electron chi connectivity index (χ0n) is 21.7. The molecule has 38 heavy (non-hydrogen) atoms. The molecule has 9 nitrogen and oxygen atoms in total. The van der Waals surface area contributed by atoms with Crippen molar-refractivity contribution < 1.29 is 13.9 Å². The molecule has 1 aliphatic heterocycles. The lowest BCUT2D eigenvalue weighted by atomic mass is 10.0. The number of hydrogen-bond donors (Lipinski definition) is 0. The van der Waals surface area contributed by atoms with E-state index in [1.807, 2.05) is 27.7 Å². The molecule has 0 spiro atoms. The molecule has 1 aromatic carbocycles. The third kappa shape index (κ3) is 4.75. The van der Waals surface area contributed by atoms with Gasteiger partial charge in [0, 0.05) is 49.2 Å². The first kappa shape index (κ1) is 25.1. The summed E-state index contributed by atoms with van der Waals surface area (Å²) in [6, 6.07) is 11.8. The molecule has 0 bridgehead atoms. The lowest BCUT2D eigenvalue weighted by Gasteiger charge is -2.40. The summed E-state index contributed by atoms with van der Waals surface area (Å²) < 4.78 is 22.4. The van der Waals surface area contributed by atoms with Gasteiger partial charge in [-0.05, 0) is 45.9 Å². The Kier molecular flexibility index (Phi) is 6.45. The van der Waals surface area contributed by atoms with Crippen LogP contribution in [0.2, 0.25) is 0 Å². The van der Waals surface area contributed by atoms with Gasteiger partial charge in [-0.25, -0.2) is 24.1 Å². The van der Waals surface area contributed by atoms with E-state index in [1.165, 1.54) is 12.4 Å². The molecule has 0 N–H and O–H groups in total. The normalized spacial score (nSPS) is 15.9. The van der Waals surface area contributed by atoms with Crippen LogP contribution < -0.4 is 4.90 Å². The van der Waals surface area contributed by atoms with Gasteiger partial charge in [-0.15, -0.1) is 0 Å². The number of benzene rings is 1. The predicted octanol–water partition coefficient (Wildman–Crippen LogP) is 4.94. The molecule has 0 aliphatic carbocycles. The van der Waals surface area contributed by atoms with E-state index in [9.17, 15) is 10.1 Å². The number of nitrogens with zero attached hydrogens (tertiary/aromatic N) is 7. The van der Waals surface area contributed by atoms with E-state index in [1.54, 1.807) is 52.2 Å². The highest BCUT2D eigenvalue weighted by Crippen LogP contribution is 2.38. The predicted molar refractivity (Wildman–Crippen MR) is 141 cm³/mol. The number of hydrogen-bond acceptors (Lipinski definition) is 7. The minimum Gasteiger partial charge on any atom is -0.444 e. The summed E-state index contributed by atoms with van der Waals surface area (Å²) in [6.45, 7) is 8.98. The molecule has 5 rings (SSSR count). The average molecular weight is 514 g/mol. The van der Waals surface area contributed by atoms with E-state index >= 15 is 4.39 Å². The Hall–Kier alpha value is -4.52. The Balaban J connectivity index is 1.61. The highest BCUT2D eigenvalue weighted by molar-refractivity contribution is 6.02. The van der Waals surface area contributed by atoms with E-state index in [4.69, 9.17) is 4.74 Å². The molecule has 4 aromatic rings. The second kappa shape index (κ2) is 9.74. The average Bonchev–Trinajstić information content (AvgIpc) is 3.27. The van der Waals surface area contributed by atoms with Crippen LogP contribution >= 0.6 is 0 Å². The van der Waals surface area contributed by atoms with Gasteiger partial charge in [0.1, 0.15) is 29.4 Å². The van der Waals surface area contributed by atoms with Gasteiger partial charge in [0.25, 0.3) is 0 Å². The SMILES string of the molecule is CC1CN(c2ncnc3c2c(-c2ccccc2F)cn3-c2cc(C#N)ccn2)CCN1C(=O)OC(C)(C)C. The lowest BCUT2D eigenvalue weighted by molar-refractivity contribution is 0.0159. The Morgan fingerprint density at radius 3 is 2.63 bits per heavy atom. The summed E-state index contributed by atoms with van der Waals surface area (Å²) >= 11 is 0. The number of fused-ring (bicyclic) bond motifs is 1. The number of nitriles is 1. The van der Waals surface area contributed by atoms with Crippen molar-refractivity contribution in [1.29, 1.82) is 5.26 Å². The van der Waals surface area contributed by atoms with Crippen molar-refractivity contribution in [2.45, 2.75) is 39.3 Å². The molecule has 4 heterocycles. The van der Waals surface area contributed by atoms with Gasteiger partial charge in [-0.1, -0.05) is 18.2 Å². The molecule has 1 unspecified atom stereocenters. The maximum atomic E-state index is 15.1. The number of carbonyl (C=O) groups is 1. The van der Waals surface area contributed by atoms with Crippen LogP contribution in [0.4, 0.5) is 15.0 Å². The molecule has 1 amide bonds. The van der Waals surface area contributed by atoms with Crippen LogP contribution in [0.25, 0.3) is 28.0 Å². The Morgan fingerprint density at radius 2 is 1.92 bits per heavy atom. The van der Waals surface area contributed by atoms with Gasteiger partial charge in [0.05, 0.1) is 17.0 Å². The third-order valence-corrected chi connectivity index (χ3v) is 6.40. The number of ether oxygens (including phenoxy) is 1. The monoisotopic (exact) mass is 513 g/mol. The summed E-state index contributed by atoms with van der Waals surface area (Å²) in [5, 5.41) is 10.1. The molecule has 0 radical (unpaired) electrons. The van der Waals surface area contributed by atoms with Crippen LogP contribution in [0, 0.1) is 17.1 Å². The Bertz CT molecular complexity index is 1550. The fourth-order valence-corrected chi connectivity index (χ4v) is 4.71. The first-order valence-corrected chi connectivity index (χ1v) is 12.4. The van der Waals surface area contributed by atoms with Crippen LogP contribution in [0.3, 0.4) is 0 Å². The van der Waals surface area contributed by atoms with E-state index < -0.39 is 5.60 Å². The van der Waals surface area contributed by atoms with Crippen molar-refractivity contribution in [3.05, 3.63) is 66.5 Å². The lowest BCUT2D eigenvalue weighted by Crippen LogP contribution is -2.55. The van der Waals surface area contributed by atoms with Gasteiger partial charge < -0.3 is 14.5 Å². The van der Waals surface area contributed by atoms with E-state index in [0.29, 0.717) is 59.0 Å². The van der Waals surface area contributed by atoms with Gasteiger partial charge >= 0.3 is 6.09 Å². The van der Waals surface area contributed by atoms with Crippen molar-refractivity contribution in [3.63, 3.8) is 0 Å². The maximum Gasteiger partial charge on any atom is 0.410 e. The molecular weight excluding hydrogens is 485 g/mol. The van der Waals surface area contributed by atoms with Crippen LogP contribution in [0.5, 0.6) is 0 Å². The van der Waals surface area contributed by atoms with Crippen LogP contribution in [0.15, 0.2) is 55.1 Å². The number of amides is 1. The number of aromatic nitrogens is 4. The summed E-state index contributed by atoms with van der Waals surface area (Å²) in [5.74, 6) is 0.756. The zero-order chi connectivity index (χ0) is 27.0. The zero-order valence-corrected chi connectivity index (χ0v) is 21.7. The molecule has 1 saturated heterocycles. The summed E-state index contributed by atoms with van der Waals surface area (Å²) in [5.41, 5.74) is 1.43.